The van der Waals surface area contributed by atoms with Gasteiger partial charge in [0.1, 0.15) is 11.6 Å². The van der Waals surface area contributed by atoms with Gasteiger partial charge in [-0.25, -0.2) is 24.9 Å². The van der Waals surface area contributed by atoms with E-state index in [1.54, 1.807) is 0 Å². The summed E-state index contributed by atoms with van der Waals surface area (Å²) in [6, 6.07) is 61.0. The van der Waals surface area contributed by atoms with Gasteiger partial charge in [0.15, 0.2) is 17.5 Å². The van der Waals surface area contributed by atoms with E-state index in [1.165, 1.54) is 11.1 Å². The number of benzene rings is 7. The van der Waals surface area contributed by atoms with Crippen molar-refractivity contribution in [1.29, 1.82) is 0 Å². The molecular weight excluding hydrogens is 735 g/mol. The Bertz CT molecular complexity index is 2910. The molecule has 0 N–H and O–H groups in total. The molecule has 3 aromatic heterocycles. The second kappa shape index (κ2) is 15.3. The number of rotatable bonds is 9. The number of hydrogen-bond acceptors (Lipinski definition) is 5. The van der Waals surface area contributed by atoms with Gasteiger partial charge in [0.25, 0.3) is 0 Å². The average molecular weight is 778 g/mol. The molecule has 0 amide bonds. The van der Waals surface area contributed by atoms with E-state index in [1.807, 2.05) is 42.5 Å². The zero-order chi connectivity index (χ0) is 40.7. The minimum Gasteiger partial charge on any atom is -0.292 e. The highest BCUT2D eigenvalue weighted by Crippen LogP contribution is 2.34. The van der Waals surface area contributed by atoms with Crippen molar-refractivity contribution < 1.29 is 0 Å². The fraction of sp³-hybridized carbons (Fsp3) is 0.113. The smallest absolute Gasteiger partial charge is 0.164 e. The van der Waals surface area contributed by atoms with Gasteiger partial charge in [-0.1, -0.05) is 131 Å². The van der Waals surface area contributed by atoms with Crippen LogP contribution >= 0.6 is 0 Å². The van der Waals surface area contributed by atoms with E-state index in [2.05, 4.69) is 170 Å². The number of nitrogens with zero attached hydrogens (tertiary/aromatic N) is 7. The van der Waals surface area contributed by atoms with Crippen LogP contribution in [-0.4, -0.2) is 34.1 Å². The molecule has 10 rings (SSSR count). The van der Waals surface area contributed by atoms with Crippen molar-refractivity contribution in [2.24, 2.45) is 0 Å². The maximum Gasteiger partial charge on any atom is 0.164 e. The van der Waals surface area contributed by atoms with Gasteiger partial charge in [0, 0.05) is 39.2 Å². The van der Waals surface area contributed by atoms with E-state index >= 15 is 0 Å². The standard InChI is InChI=1S/C53H43N7/c1-34(2)36-18-22-41(23-19-36)52-54-45-14-8-10-16-47(45)59(52)43-30-26-39(27-31-43)50-56-49(38-12-6-5-7-13-38)57-51(58-50)40-28-32-44(33-29-40)60-48-17-11-9-15-46(48)55-53(60)42-24-20-37(21-25-42)35(3)4/h5-35H,1-4H3. The lowest BCUT2D eigenvalue weighted by molar-refractivity contribution is 0.866. The van der Waals surface area contributed by atoms with Gasteiger partial charge in [-0.3, -0.25) is 9.13 Å². The van der Waals surface area contributed by atoms with Gasteiger partial charge in [0.2, 0.25) is 0 Å². The SMILES string of the molecule is CC(C)c1ccc(-c2nc3ccccc3n2-c2ccc(-c3nc(-c4ccccc4)nc(-c4ccc(-n5c(-c6ccc(C(C)C)cc6)nc6ccccc65)cc4)n3)cc2)cc1. The summed E-state index contributed by atoms with van der Waals surface area (Å²) in [5.74, 6) is 4.52. The molecule has 0 saturated carbocycles. The van der Waals surface area contributed by atoms with Gasteiger partial charge in [0.05, 0.1) is 22.1 Å². The van der Waals surface area contributed by atoms with Crippen molar-refractivity contribution in [3.8, 4) is 68.3 Å². The number of hydrogen-bond donors (Lipinski definition) is 0. The summed E-state index contributed by atoms with van der Waals surface area (Å²) in [4.78, 5) is 25.4. The Labute approximate surface area is 349 Å². The Morgan fingerprint density at radius 1 is 0.317 bits per heavy atom. The van der Waals surface area contributed by atoms with Crippen LogP contribution in [0, 0.1) is 0 Å². The van der Waals surface area contributed by atoms with Gasteiger partial charge in [-0.15, -0.1) is 0 Å². The Kier molecular flexibility index (Phi) is 9.41. The molecule has 7 nitrogen and oxygen atoms in total. The molecule has 60 heavy (non-hydrogen) atoms. The van der Waals surface area contributed by atoms with Crippen molar-refractivity contribution in [2.75, 3.05) is 0 Å². The first-order chi connectivity index (χ1) is 29.4. The average Bonchev–Trinajstić information content (AvgIpc) is 3.89. The zero-order valence-corrected chi connectivity index (χ0v) is 34.0. The molecule has 0 unspecified atom stereocenters. The second-order valence-corrected chi connectivity index (χ2v) is 15.8. The van der Waals surface area contributed by atoms with E-state index in [0.717, 1.165) is 72.9 Å². The highest BCUT2D eigenvalue weighted by Gasteiger charge is 2.18. The molecule has 0 atom stereocenters. The summed E-state index contributed by atoms with van der Waals surface area (Å²) < 4.78 is 4.46. The van der Waals surface area contributed by atoms with Crippen molar-refractivity contribution in [2.45, 2.75) is 39.5 Å². The second-order valence-electron chi connectivity index (χ2n) is 15.8. The van der Waals surface area contributed by atoms with Crippen LogP contribution in [0.25, 0.3) is 90.4 Å². The van der Waals surface area contributed by atoms with Crippen LogP contribution in [0.15, 0.2) is 176 Å². The fourth-order valence-electron chi connectivity index (χ4n) is 7.87. The molecule has 0 radical (unpaired) electrons. The Balaban J connectivity index is 1.03. The minimum absolute atomic E-state index is 0.456. The van der Waals surface area contributed by atoms with Crippen LogP contribution < -0.4 is 0 Å². The van der Waals surface area contributed by atoms with Crippen molar-refractivity contribution in [3.05, 3.63) is 187 Å². The van der Waals surface area contributed by atoms with E-state index in [9.17, 15) is 0 Å². The summed E-state index contributed by atoms with van der Waals surface area (Å²) in [5.41, 5.74) is 13.4. The van der Waals surface area contributed by atoms with E-state index in [-0.39, 0.29) is 0 Å². The lowest BCUT2D eigenvalue weighted by Gasteiger charge is -2.13. The number of imidazole rings is 2. The monoisotopic (exact) mass is 777 g/mol. The molecule has 10 aromatic rings. The van der Waals surface area contributed by atoms with E-state index < -0.39 is 0 Å². The van der Waals surface area contributed by atoms with E-state index in [4.69, 9.17) is 24.9 Å². The number of fused-ring (bicyclic) bond motifs is 2. The molecule has 3 heterocycles. The van der Waals surface area contributed by atoms with Crippen LogP contribution in [-0.2, 0) is 0 Å². The van der Waals surface area contributed by atoms with Gasteiger partial charge < -0.3 is 0 Å². The Hall–Kier alpha value is -7.51. The molecule has 0 aliphatic heterocycles. The van der Waals surface area contributed by atoms with Crippen LogP contribution in [0.2, 0.25) is 0 Å². The third kappa shape index (κ3) is 6.84. The zero-order valence-electron chi connectivity index (χ0n) is 34.0. The minimum atomic E-state index is 0.456. The Morgan fingerprint density at radius 2 is 0.650 bits per heavy atom. The quantitative estimate of drug-likeness (QED) is 0.146. The lowest BCUT2D eigenvalue weighted by atomic mass is 10.0. The maximum absolute atomic E-state index is 5.10. The lowest BCUT2D eigenvalue weighted by Crippen LogP contribution is -2.02. The number of aromatic nitrogens is 7. The first-order valence-electron chi connectivity index (χ1n) is 20.6. The molecule has 7 aromatic carbocycles. The molecular formula is C53H43N7. The highest BCUT2D eigenvalue weighted by molar-refractivity contribution is 5.85. The third-order valence-corrected chi connectivity index (χ3v) is 11.2. The fourth-order valence-corrected chi connectivity index (χ4v) is 7.87. The summed E-state index contributed by atoms with van der Waals surface area (Å²) >= 11 is 0. The molecule has 0 fully saturated rings. The molecule has 0 aliphatic rings. The molecule has 0 aliphatic carbocycles. The Morgan fingerprint density at radius 3 is 1.03 bits per heavy atom. The normalized spacial score (nSPS) is 11.6. The molecule has 7 heteroatoms. The van der Waals surface area contributed by atoms with Crippen molar-refractivity contribution in [3.63, 3.8) is 0 Å². The highest BCUT2D eigenvalue weighted by atomic mass is 15.1. The first kappa shape index (κ1) is 36.8. The largest absolute Gasteiger partial charge is 0.292 e. The summed E-state index contributed by atoms with van der Waals surface area (Å²) in [6.45, 7) is 8.86. The van der Waals surface area contributed by atoms with E-state index in [0.29, 0.717) is 29.3 Å². The van der Waals surface area contributed by atoms with Gasteiger partial charge in [-0.2, -0.15) is 0 Å². The topological polar surface area (TPSA) is 74.3 Å². The van der Waals surface area contributed by atoms with Crippen molar-refractivity contribution in [1.82, 2.24) is 34.1 Å². The molecule has 290 valence electrons. The van der Waals surface area contributed by atoms with Crippen LogP contribution in [0.1, 0.15) is 50.7 Å². The predicted molar refractivity (Wildman–Crippen MR) is 244 cm³/mol. The number of para-hydroxylation sites is 4. The molecule has 0 bridgehead atoms. The maximum atomic E-state index is 5.10. The van der Waals surface area contributed by atoms with Crippen molar-refractivity contribution >= 4 is 22.1 Å². The third-order valence-electron chi connectivity index (χ3n) is 11.2. The first-order valence-corrected chi connectivity index (χ1v) is 20.6. The summed E-state index contributed by atoms with van der Waals surface area (Å²) in [6.07, 6.45) is 0. The predicted octanol–water partition coefficient (Wildman–Crippen LogP) is 13.1. The van der Waals surface area contributed by atoms with Gasteiger partial charge >= 0.3 is 0 Å². The summed E-state index contributed by atoms with van der Waals surface area (Å²) in [7, 11) is 0. The van der Waals surface area contributed by atoms with Crippen LogP contribution in [0.3, 0.4) is 0 Å². The van der Waals surface area contributed by atoms with Crippen LogP contribution in [0.5, 0.6) is 0 Å². The molecule has 0 spiro atoms. The van der Waals surface area contributed by atoms with Crippen LogP contribution in [0.4, 0.5) is 0 Å². The van der Waals surface area contributed by atoms with Gasteiger partial charge in [-0.05, 0) is 95.8 Å². The molecule has 0 saturated heterocycles. The summed E-state index contributed by atoms with van der Waals surface area (Å²) in [5, 5.41) is 0.